The molecule has 1 saturated heterocycles. The Hall–Kier alpha value is -0.770. The van der Waals surface area contributed by atoms with Crippen LogP contribution in [0.2, 0.25) is 0 Å². The van der Waals surface area contributed by atoms with Gasteiger partial charge in [-0.05, 0) is 55.0 Å². The lowest BCUT2D eigenvalue weighted by atomic mass is 10.0. The molecule has 92 valence electrons. The Balaban J connectivity index is 1.62. The van der Waals surface area contributed by atoms with E-state index < -0.39 is 0 Å². The number of hydrogen-bond donors (Lipinski definition) is 1. The van der Waals surface area contributed by atoms with Crippen molar-refractivity contribution in [2.75, 3.05) is 23.7 Å². The van der Waals surface area contributed by atoms with E-state index in [9.17, 15) is 0 Å². The van der Waals surface area contributed by atoms with Crippen molar-refractivity contribution in [3.63, 3.8) is 0 Å². The summed E-state index contributed by atoms with van der Waals surface area (Å²) in [6.45, 7) is 2.51. The van der Waals surface area contributed by atoms with Crippen molar-refractivity contribution in [3.05, 3.63) is 5.56 Å². The number of nitrogens with zero attached hydrogens (tertiary/aromatic N) is 2. The number of hydrogen-bond acceptors (Lipinski definition) is 4. The van der Waals surface area contributed by atoms with Gasteiger partial charge in [-0.2, -0.15) is 4.37 Å². The fourth-order valence-corrected chi connectivity index (χ4v) is 4.60. The molecule has 1 aromatic rings. The second-order valence-electron chi connectivity index (χ2n) is 5.92. The van der Waals surface area contributed by atoms with E-state index in [1.807, 2.05) is 0 Å². The minimum absolute atomic E-state index is 0.726. The molecule has 4 rings (SSSR count). The van der Waals surface area contributed by atoms with E-state index in [4.69, 9.17) is 5.73 Å². The van der Waals surface area contributed by atoms with Crippen LogP contribution in [-0.2, 0) is 0 Å². The average Bonchev–Trinajstić information content (AvgIpc) is 2.73. The van der Waals surface area contributed by atoms with Crippen molar-refractivity contribution in [2.24, 2.45) is 11.8 Å². The summed E-state index contributed by atoms with van der Waals surface area (Å²) in [4.78, 5) is 2.58. The quantitative estimate of drug-likeness (QED) is 0.876. The van der Waals surface area contributed by atoms with Gasteiger partial charge in [-0.25, -0.2) is 0 Å². The lowest BCUT2D eigenvalue weighted by molar-refractivity contribution is 0.494. The van der Waals surface area contributed by atoms with Gasteiger partial charge < -0.3 is 10.6 Å². The molecule has 17 heavy (non-hydrogen) atoms. The van der Waals surface area contributed by atoms with Crippen molar-refractivity contribution in [2.45, 2.75) is 38.0 Å². The normalized spacial score (nSPS) is 32.1. The first-order chi connectivity index (χ1) is 8.33. The number of anilines is 2. The second-order valence-corrected chi connectivity index (χ2v) is 6.67. The summed E-state index contributed by atoms with van der Waals surface area (Å²) in [5, 5.41) is 1.40. The molecule has 3 aliphatic rings. The number of nitrogens with two attached hydrogens (primary N) is 1. The largest absolute Gasteiger partial charge is 0.383 e. The van der Waals surface area contributed by atoms with Gasteiger partial charge in [0, 0.05) is 18.7 Å². The Bertz CT molecular complexity index is 426. The average molecular weight is 249 g/mol. The summed E-state index contributed by atoms with van der Waals surface area (Å²) in [6, 6.07) is 0. The molecule has 0 spiro atoms. The Kier molecular flexibility index (Phi) is 2.16. The minimum Gasteiger partial charge on any atom is -0.383 e. The van der Waals surface area contributed by atoms with Crippen LogP contribution in [0.3, 0.4) is 0 Å². The molecule has 2 unspecified atom stereocenters. The van der Waals surface area contributed by atoms with Crippen LogP contribution < -0.4 is 10.6 Å². The number of rotatable bonds is 2. The zero-order chi connectivity index (χ0) is 11.4. The van der Waals surface area contributed by atoms with Gasteiger partial charge >= 0.3 is 0 Å². The molecule has 0 radical (unpaired) electrons. The summed E-state index contributed by atoms with van der Waals surface area (Å²) in [6.07, 6.45) is 6.96. The zero-order valence-electron chi connectivity index (χ0n) is 10.1. The van der Waals surface area contributed by atoms with Crippen LogP contribution in [-0.4, -0.2) is 17.5 Å². The Labute approximate surface area is 106 Å². The predicted molar refractivity (Wildman–Crippen MR) is 71.5 cm³/mol. The number of aromatic nitrogens is 1. The first-order valence-electron chi connectivity index (χ1n) is 6.83. The van der Waals surface area contributed by atoms with Crippen molar-refractivity contribution in [3.8, 4) is 0 Å². The number of nitrogen functional groups attached to an aromatic ring is 1. The highest BCUT2D eigenvalue weighted by molar-refractivity contribution is 7.10. The van der Waals surface area contributed by atoms with Crippen LogP contribution in [0.5, 0.6) is 0 Å². The molecule has 2 N–H and O–H groups in total. The van der Waals surface area contributed by atoms with Gasteiger partial charge in [0.2, 0.25) is 0 Å². The van der Waals surface area contributed by atoms with Crippen LogP contribution in [0, 0.1) is 11.8 Å². The highest BCUT2D eigenvalue weighted by atomic mass is 32.1. The third-order valence-electron chi connectivity index (χ3n) is 4.74. The van der Waals surface area contributed by atoms with E-state index in [0.717, 1.165) is 23.6 Å². The van der Waals surface area contributed by atoms with Crippen LogP contribution in [0.4, 0.5) is 10.8 Å². The van der Waals surface area contributed by atoms with E-state index in [2.05, 4.69) is 9.27 Å². The second kappa shape index (κ2) is 3.61. The standard InChI is InChI=1S/C13H19N3S/c14-12-11(8-4-5-8)13(17-15-12)16-6-9-2-1-3-10(9)7-16/h8-10H,1-7H2,(H2,14,15). The van der Waals surface area contributed by atoms with Crippen molar-refractivity contribution < 1.29 is 0 Å². The molecule has 2 heterocycles. The van der Waals surface area contributed by atoms with Gasteiger partial charge in [-0.1, -0.05) is 6.42 Å². The first kappa shape index (κ1) is 10.2. The Morgan fingerprint density at radius 3 is 2.47 bits per heavy atom. The van der Waals surface area contributed by atoms with Crippen molar-refractivity contribution >= 4 is 22.4 Å². The molecule has 0 amide bonds. The van der Waals surface area contributed by atoms with E-state index >= 15 is 0 Å². The molecule has 2 atom stereocenters. The lowest BCUT2D eigenvalue weighted by Crippen LogP contribution is -2.20. The highest BCUT2D eigenvalue weighted by Crippen LogP contribution is 2.50. The smallest absolute Gasteiger partial charge is 0.142 e. The topological polar surface area (TPSA) is 42.1 Å². The van der Waals surface area contributed by atoms with Gasteiger partial charge in [0.25, 0.3) is 0 Å². The van der Waals surface area contributed by atoms with Crippen molar-refractivity contribution in [1.82, 2.24) is 4.37 Å². The van der Waals surface area contributed by atoms with Gasteiger partial charge in [0.05, 0.1) is 0 Å². The Morgan fingerprint density at radius 1 is 1.12 bits per heavy atom. The molecule has 1 aliphatic heterocycles. The maximum Gasteiger partial charge on any atom is 0.142 e. The van der Waals surface area contributed by atoms with Gasteiger partial charge in [-0.15, -0.1) is 0 Å². The van der Waals surface area contributed by atoms with E-state index in [-0.39, 0.29) is 0 Å². The molecular formula is C13H19N3S. The van der Waals surface area contributed by atoms with Gasteiger partial charge in [-0.3, -0.25) is 0 Å². The summed E-state index contributed by atoms with van der Waals surface area (Å²) >= 11 is 1.63. The summed E-state index contributed by atoms with van der Waals surface area (Å²) in [5.41, 5.74) is 7.42. The summed E-state index contributed by atoms with van der Waals surface area (Å²) in [5.74, 6) is 3.43. The molecule has 3 fully saturated rings. The Morgan fingerprint density at radius 2 is 1.82 bits per heavy atom. The fourth-order valence-electron chi connectivity index (χ4n) is 3.69. The maximum absolute atomic E-state index is 6.04. The predicted octanol–water partition coefficient (Wildman–Crippen LogP) is 2.84. The molecule has 4 heteroatoms. The minimum atomic E-state index is 0.726. The summed E-state index contributed by atoms with van der Waals surface area (Å²) in [7, 11) is 0. The van der Waals surface area contributed by atoms with E-state index in [1.165, 1.54) is 55.8 Å². The van der Waals surface area contributed by atoms with E-state index in [0.29, 0.717) is 0 Å². The van der Waals surface area contributed by atoms with Crippen LogP contribution >= 0.6 is 11.5 Å². The fraction of sp³-hybridized carbons (Fsp3) is 0.769. The SMILES string of the molecule is Nc1nsc(N2CC3CCCC3C2)c1C1CC1. The molecule has 3 nitrogen and oxygen atoms in total. The molecular weight excluding hydrogens is 230 g/mol. The van der Waals surface area contributed by atoms with Gasteiger partial charge in [0.1, 0.15) is 10.8 Å². The zero-order valence-corrected chi connectivity index (χ0v) is 10.9. The van der Waals surface area contributed by atoms with Gasteiger partial charge in [0.15, 0.2) is 0 Å². The number of fused-ring (bicyclic) bond motifs is 1. The first-order valence-corrected chi connectivity index (χ1v) is 7.60. The van der Waals surface area contributed by atoms with E-state index in [1.54, 1.807) is 11.5 Å². The monoisotopic (exact) mass is 249 g/mol. The van der Waals surface area contributed by atoms with Crippen LogP contribution in [0.15, 0.2) is 0 Å². The highest BCUT2D eigenvalue weighted by Gasteiger charge is 2.39. The summed E-state index contributed by atoms with van der Waals surface area (Å²) < 4.78 is 4.39. The molecule has 0 aromatic carbocycles. The molecule has 2 saturated carbocycles. The molecule has 0 bridgehead atoms. The third kappa shape index (κ3) is 1.57. The van der Waals surface area contributed by atoms with Crippen LogP contribution in [0.25, 0.3) is 0 Å². The van der Waals surface area contributed by atoms with Crippen molar-refractivity contribution in [1.29, 1.82) is 0 Å². The van der Waals surface area contributed by atoms with Crippen LogP contribution in [0.1, 0.15) is 43.6 Å². The molecule has 1 aromatic heterocycles. The third-order valence-corrected chi connectivity index (χ3v) is 5.67. The lowest BCUT2D eigenvalue weighted by Gasteiger charge is -2.18. The maximum atomic E-state index is 6.04. The molecule has 2 aliphatic carbocycles.